The number of benzene rings is 3. The Bertz CT molecular complexity index is 1190. The highest BCUT2D eigenvalue weighted by Crippen LogP contribution is 2.26. The van der Waals surface area contributed by atoms with E-state index in [0.717, 1.165) is 5.56 Å². The second-order valence-electron chi connectivity index (χ2n) is 6.04. The SMILES string of the molecule is Cc1ccc(S(=O)(=O)Nc2ccc(S(=O)(=O)Nc3ccccc3)cc2)c(Br)c1. The molecular formula is C19H17BrN2O4S2. The molecule has 0 saturated carbocycles. The van der Waals surface area contributed by atoms with Gasteiger partial charge in [-0.3, -0.25) is 9.44 Å². The third-order valence-electron chi connectivity index (χ3n) is 3.82. The minimum atomic E-state index is -3.82. The van der Waals surface area contributed by atoms with Gasteiger partial charge in [-0.05, 0) is 76.9 Å². The number of nitrogens with one attached hydrogen (secondary N) is 2. The molecule has 2 N–H and O–H groups in total. The number of halogens is 1. The first kappa shape index (κ1) is 20.4. The van der Waals surface area contributed by atoms with Crippen LogP contribution in [0.2, 0.25) is 0 Å². The Hall–Kier alpha value is -2.36. The molecule has 0 spiro atoms. The number of rotatable bonds is 6. The molecule has 0 aliphatic heterocycles. The Labute approximate surface area is 172 Å². The standard InChI is InChI=1S/C19H17BrN2O4S2/c1-14-7-12-19(18(20)13-14)28(25,26)22-16-8-10-17(11-9-16)27(23,24)21-15-5-3-2-4-6-15/h2-13,21-22H,1H3. The number of sulfonamides is 2. The molecule has 28 heavy (non-hydrogen) atoms. The summed E-state index contributed by atoms with van der Waals surface area (Å²) in [6.07, 6.45) is 0. The average molecular weight is 481 g/mol. The normalized spacial score (nSPS) is 11.8. The van der Waals surface area contributed by atoms with Crippen LogP contribution in [0.5, 0.6) is 0 Å². The van der Waals surface area contributed by atoms with Gasteiger partial charge in [0.25, 0.3) is 20.0 Å². The summed E-state index contributed by atoms with van der Waals surface area (Å²) >= 11 is 3.26. The number of hydrogen-bond acceptors (Lipinski definition) is 4. The van der Waals surface area contributed by atoms with Crippen LogP contribution in [0, 0.1) is 6.92 Å². The first-order valence-corrected chi connectivity index (χ1v) is 11.9. The number of para-hydroxylation sites is 1. The number of anilines is 2. The van der Waals surface area contributed by atoms with Crippen molar-refractivity contribution in [3.05, 3.63) is 82.8 Å². The largest absolute Gasteiger partial charge is 0.280 e. The Morgan fingerprint density at radius 1 is 0.714 bits per heavy atom. The zero-order valence-corrected chi connectivity index (χ0v) is 18.0. The predicted molar refractivity (Wildman–Crippen MR) is 113 cm³/mol. The van der Waals surface area contributed by atoms with Crippen LogP contribution in [-0.2, 0) is 20.0 Å². The van der Waals surface area contributed by atoms with E-state index in [4.69, 9.17) is 0 Å². The van der Waals surface area contributed by atoms with Gasteiger partial charge in [-0.1, -0.05) is 24.3 Å². The van der Waals surface area contributed by atoms with Gasteiger partial charge in [-0.25, -0.2) is 16.8 Å². The number of hydrogen-bond donors (Lipinski definition) is 2. The minimum Gasteiger partial charge on any atom is -0.280 e. The van der Waals surface area contributed by atoms with Crippen molar-refractivity contribution in [1.29, 1.82) is 0 Å². The maximum Gasteiger partial charge on any atom is 0.263 e. The van der Waals surface area contributed by atoms with E-state index in [1.54, 1.807) is 42.5 Å². The molecule has 0 bridgehead atoms. The van der Waals surface area contributed by atoms with Gasteiger partial charge < -0.3 is 0 Å². The minimum absolute atomic E-state index is 0.0239. The molecule has 3 aromatic rings. The quantitative estimate of drug-likeness (QED) is 0.547. The van der Waals surface area contributed by atoms with E-state index in [2.05, 4.69) is 25.4 Å². The molecule has 0 fully saturated rings. The fourth-order valence-corrected chi connectivity index (χ4v) is 5.77. The molecule has 3 rings (SSSR count). The van der Waals surface area contributed by atoms with Gasteiger partial charge in [-0.15, -0.1) is 0 Å². The van der Waals surface area contributed by atoms with Crippen LogP contribution in [0.15, 0.2) is 87.1 Å². The van der Waals surface area contributed by atoms with Gasteiger partial charge in [0.1, 0.15) is 4.90 Å². The van der Waals surface area contributed by atoms with Crippen molar-refractivity contribution in [3.63, 3.8) is 0 Å². The maximum atomic E-state index is 12.6. The van der Waals surface area contributed by atoms with Crippen LogP contribution in [-0.4, -0.2) is 16.8 Å². The van der Waals surface area contributed by atoms with Crippen molar-refractivity contribution in [2.75, 3.05) is 9.44 Å². The Kier molecular flexibility index (Phi) is 5.78. The van der Waals surface area contributed by atoms with Gasteiger partial charge in [0.2, 0.25) is 0 Å². The molecule has 0 unspecified atom stereocenters. The first-order valence-electron chi connectivity index (χ1n) is 8.14. The molecule has 0 aliphatic carbocycles. The summed E-state index contributed by atoms with van der Waals surface area (Å²) < 4.78 is 55.4. The molecule has 0 saturated heterocycles. The highest BCUT2D eigenvalue weighted by atomic mass is 79.9. The van der Waals surface area contributed by atoms with E-state index in [0.29, 0.717) is 10.2 Å². The van der Waals surface area contributed by atoms with E-state index < -0.39 is 20.0 Å². The van der Waals surface area contributed by atoms with Crippen LogP contribution >= 0.6 is 15.9 Å². The molecule has 0 aromatic heterocycles. The van der Waals surface area contributed by atoms with E-state index in [1.165, 1.54) is 30.3 Å². The molecule has 0 atom stereocenters. The summed E-state index contributed by atoms with van der Waals surface area (Å²) in [6, 6.07) is 18.9. The van der Waals surface area contributed by atoms with E-state index in [9.17, 15) is 16.8 Å². The van der Waals surface area contributed by atoms with Gasteiger partial charge in [0, 0.05) is 15.8 Å². The lowest BCUT2D eigenvalue weighted by molar-refractivity contribution is 0.599. The highest BCUT2D eigenvalue weighted by molar-refractivity contribution is 9.10. The van der Waals surface area contributed by atoms with Crippen LogP contribution in [0.1, 0.15) is 5.56 Å². The fourth-order valence-electron chi connectivity index (χ4n) is 2.46. The third kappa shape index (κ3) is 4.73. The van der Waals surface area contributed by atoms with E-state index >= 15 is 0 Å². The van der Waals surface area contributed by atoms with Crippen molar-refractivity contribution in [2.24, 2.45) is 0 Å². The van der Waals surface area contributed by atoms with E-state index in [1.807, 2.05) is 6.92 Å². The molecule has 0 heterocycles. The molecule has 0 aliphatic rings. The lowest BCUT2D eigenvalue weighted by Crippen LogP contribution is -2.15. The first-order chi connectivity index (χ1) is 13.2. The van der Waals surface area contributed by atoms with Crippen LogP contribution in [0.3, 0.4) is 0 Å². The molecule has 0 radical (unpaired) electrons. The van der Waals surface area contributed by atoms with Crippen molar-refractivity contribution in [2.45, 2.75) is 16.7 Å². The summed E-state index contributed by atoms with van der Waals surface area (Å²) in [5.74, 6) is 0. The molecule has 3 aromatic carbocycles. The van der Waals surface area contributed by atoms with Gasteiger partial charge in [0.15, 0.2) is 0 Å². The summed E-state index contributed by atoms with van der Waals surface area (Å²) in [7, 11) is -7.59. The smallest absolute Gasteiger partial charge is 0.263 e. The second-order valence-corrected chi connectivity index (χ2v) is 10.2. The van der Waals surface area contributed by atoms with Gasteiger partial charge in [0.05, 0.1) is 4.90 Å². The Balaban J connectivity index is 1.81. The highest BCUT2D eigenvalue weighted by Gasteiger charge is 2.19. The topological polar surface area (TPSA) is 92.3 Å². The van der Waals surface area contributed by atoms with Crippen molar-refractivity contribution < 1.29 is 16.8 Å². The van der Waals surface area contributed by atoms with Crippen LogP contribution in [0.4, 0.5) is 11.4 Å². The van der Waals surface area contributed by atoms with E-state index in [-0.39, 0.29) is 15.5 Å². The van der Waals surface area contributed by atoms with Crippen molar-refractivity contribution in [1.82, 2.24) is 0 Å². The zero-order valence-electron chi connectivity index (χ0n) is 14.8. The van der Waals surface area contributed by atoms with Crippen molar-refractivity contribution >= 4 is 47.4 Å². The summed E-state index contributed by atoms with van der Waals surface area (Å²) in [5, 5.41) is 0. The fraction of sp³-hybridized carbons (Fsp3) is 0.0526. The molecule has 6 nitrogen and oxygen atoms in total. The molecule has 146 valence electrons. The zero-order chi connectivity index (χ0) is 20.4. The van der Waals surface area contributed by atoms with Gasteiger partial charge in [-0.2, -0.15) is 0 Å². The number of aryl methyl sites for hydroxylation is 1. The molecular weight excluding hydrogens is 464 g/mol. The summed E-state index contributed by atoms with van der Waals surface area (Å²) in [6.45, 7) is 1.86. The van der Waals surface area contributed by atoms with Gasteiger partial charge >= 0.3 is 0 Å². The monoisotopic (exact) mass is 480 g/mol. The lowest BCUT2D eigenvalue weighted by atomic mass is 10.2. The van der Waals surface area contributed by atoms with Crippen molar-refractivity contribution in [3.8, 4) is 0 Å². The Morgan fingerprint density at radius 3 is 1.89 bits per heavy atom. The maximum absolute atomic E-state index is 12.6. The molecule has 0 amide bonds. The van der Waals surface area contributed by atoms with Crippen LogP contribution in [0.25, 0.3) is 0 Å². The predicted octanol–water partition coefficient (Wildman–Crippen LogP) is 4.36. The second kappa shape index (κ2) is 7.94. The average Bonchev–Trinajstić information content (AvgIpc) is 2.62. The third-order valence-corrected chi connectivity index (χ3v) is 7.57. The van der Waals surface area contributed by atoms with Crippen LogP contribution < -0.4 is 9.44 Å². The Morgan fingerprint density at radius 2 is 1.29 bits per heavy atom. The lowest BCUT2D eigenvalue weighted by Gasteiger charge is -2.11. The summed E-state index contributed by atoms with van der Waals surface area (Å²) in [5.41, 5.74) is 1.62. The summed E-state index contributed by atoms with van der Waals surface area (Å²) in [4.78, 5) is 0.122. The molecule has 9 heteroatoms.